The normalized spacial score (nSPS) is 12.8. The summed E-state index contributed by atoms with van der Waals surface area (Å²) in [5.41, 5.74) is -3.37. The molecule has 0 aliphatic heterocycles. The molecule has 0 saturated carbocycles. The highest BCUT2D eigenvalue weighted by atomic mass is 79.9. The van der Waals surface area contributed by atoms with Crippen molar-refractivity contribution in [2.75, 3.05) is 0 Å². The first-order valence-corrected chi connectivity index (χ1v) is 10.0. The van der Waals surface area contributed by atoms with Gasteiger partial charge < -0.3 is 0 Å². The quantitative estimate of drug-likeness (QED) is 0.238. The van der Waals surface area contributed by atoms with Gasteiger partial charge in [0.2, 0.25) is 0 Å². The van der Waals surface area contributed by atoms with Crippen LogP contribution in [0.1, 0.15) is 82.0 Å². The monoisotopic (exact) mass is 528 g/mol. The Bertz CT molecular complexity index is 912. The summed E-state index contributed by atoms with van der Waals surface area (Å²) in [5, 5.41) is 0. The van der Waals surface area contributed by atoms with Crippen molar-refractivity contribution in [1.29, 1.82) is 0 Å². The van der Waals surface area contributed by atoms with E-state index in [-0.39, 0.29) is 21.9 Å². The Morgan fingerprint density at radius 3 is 1.44 bits per heavy atom. The Morgan fingerprint density at radius 2 is 1.09 bits per heavy atom. The minimum absolute atomic E-state index is 0.0116. The van der Waals surface area contributed by atoms with Crippen LogP contribution in [0, 0.1) is 0 Å². The van der Waals surface area contributed by atoms with Gasteiger partial charge >= 0.3 is 12.4 Å². The smallest absolute Gasteiger partial charge is 0.293 e. The molecular formula is C20H23BrF6N4O. The van der Waals surface area contributed by atoms with Crippen LogP contribution in [0.3, 0.4) is 0 Å². The van der Waals surface area contributed by atoms with Gasteiger partial charge in [0.15, 0.2) is 5.78 Å². The zero-order chi connectivity index (χ0) is 25.3. The van der Waals surface area contributed by atoms with E-state index in [9.17, 15) is 31.1 Å². The Morgan fingerprint density at radius 1 is 0.719 bits per heavy atom. The molecule has 12 heteroatoms. The van der Waals surface area contributed by atoms with Gasteiger partial charge in [0.25, 0.3) is 0 Å². The van der Waals surface area contributed by atoms with Gasteiger partial charge in [-0.25, -0.2) is 19.9 Å². The number of halogens is 7. The van der Waals surface area contributed by atoms with E-state index in [1.807, 2.05) is 0 Å². The topological polar surface area (TPSA) is 68.6 Å². The third-order valence-electron chi connectivity index (χ3n) is 3.70. The largest absolute Gasteiger partial charge is 0.433 e. The van der Waals surface area contributed by atoms with Crippen molar-refractivity contribution in [3.63, 3.8) is 0 Å². The van der Waals surface area contributed by atoms with Crippen LogP contribution < -0.4 is 0 Å². The van der Waals surface area contributed by atoms with Gasteiger partial charge in [0.05, 0.1) is 0 Å². The van der Waals surface area contributed by atoms with Gasteiger partial charge in [-0.2, -0.15) is 26.3 Å². The lowest BCUT2D eigenvalue weighted by atomic mass is 9.95. The van der Waals surface area contributed by atoms with Crippen LogP contribution in [0.4, 0.5) is 26.3 Å². The van der Waals surface area contributed by atoms with Crippen molar-refractivity contribution in [2.24, 2.45) is 0 Å². The lowest BCUT2D eigenvalue weighted by Crippen LogP contribution is -2.21. The average Bonchev–Trinajstić information content (AvgIpc) is 2.58. The van der Waals surface area contributed by atoms with E-state index in [0.29, 0.717) is 6.07 Å². The van der Waals surface area contributed by atoms with Crippen LogP contribution in [0.15, 0.2) is 16.7 Å². The highest BCUT2D eigenvalue weighted by molar-refractivity contribution is 9.10. The number of carbonyl (C=O) groups excluding carboxylic acids is 1. The molecule has 2 aromatic rings. The molecule has 0 unspecified atom stereocenters. The molecule has 2 aromatic heterocycles. The van der Waals surface area contributed by atoms with Crippen molar-refractivity contribution in [2.45, 2.75) is 71.6 Å². The molecule has 32 heavy (non-hydrogen) atoms. The molecule has 0 atom stereocenters. The van der Waals surface area contributed by atoms with E-state index >= 15 is 0 Å². The summed E-state index contributed by atoms with van der Waals surface area (Å²) in [6.45, 7) is 11.5. The molecular weight excluding hydrogens is 506 g/mol. The molecule has 5 nitrogen and oxygen atoms in total. The standard InChI is InChI=1S/C11H13F3N2O.C9H10BrF3N2/c1-6(17)7-5-8(11(12,13)14)16-9(15-7)10(2,3)4;1-8(2,3)7-14-5(9(11,12)13)4-6(10)15-7/h5H,1-4H3;4H,1-3H3. The number of ketones is 1. The maximum atomic E-state index is 12.6. The van der Waals surface area contributed by atoms with Gasteiger partial charge in [-0.3, -0.25) is 4.79 Å². The number of carbonyl (C=O) groups is 1. The van der Waals surface area contributed by atoms with Gasteiger partial charge in [0.1, 0.15) is 33.3 Å². The van der Waals surface area contributed by atoms with E-state index in [4.69, 9.17) is 0 Å². The number of nitrogens with zero attached hydrogens (tertiary/aromatic N) is 4. The second-order valence-corrected chi connectivity index (χ2v) is 9.73. The number of alkyl halides is 6. The van der Waals surface area contributed by atoms with Crippen molar-refractivity contribution in [3.8, 4) is 0 Å². The summed E-state index contributed by atoms with van der Waals surface area (Å²) in [6.07, 6.45) is -9.02. The summed E-state index contributed by atoms with van der Waals surface area (Å²) in [4.78, 5) is 25.9. The Hall–Kier alpha value is -2.11. The fourth-order valence-electron chi connectivity index (χ4n) is 2.01. The summed E-state index contributed by atoms with van der Waals surface area (Å²) < 4.78 is 75.2. The zero-order valence-corrected chi connectivity index (χ0v) is 20.1. The fraction of sp³-hybridized carbons (Fsp3) is 0.550. The maximum Gasteiger partial charge on any atom is 0.433 e. The fourth-order valence-corrected chi connectivity index (χ4v) is 2.39. The first-order chi connectivity index (χ1) is 14.1. The Kier molecular flexibility index (Phi) is 8.20. The second kappa shape index (κ2) is 9.40. The summed E-state index contributed by atoms with van der Waals surface area (Å²) in [7, 11) is 0. The Labute approximate surface area is 190 Å². The molecule has 0 aliphatic carbocycles. The zero-order valence-electron chi connectivity index (χ0n) is 18.5. The van der Waals surface area contributed by atoms with Crippen LogP contribution in [-0.2, 0) is 23.2 Å². The van der Waals surface area contributed by atoms with Crippen molar-refractivity contribution < 1.29 is 31.1 Å². The van der Waals surface area contributed by atoms with Crippen LogP contribution in [-0.4, -0.2) is 25.7 Å². The van der Waals surface area contributed by atoms with Crippen molar-refractivity contribution in [3.05, 3.63) is 45.5 Å². The molecule has 2 rings (SSSR count). The van der Waals surface area contributed by atoms with Gasteiger partial charge in [-0.15, -0.1) is 0 Å². The van der Waals surface area contributed by atoms with E-state index in [2.05, 4.69) is 35.9 Å². The van der Waals surface area contributed by atoms with Crippen LogP contribution in [0.2, 0.25) is 0 Å². The van der Waals surface area contributed by atoms with E-state index in [0.717, 1.165) is 6.07 Å². The minimum Gasteiger partial charge on any atom is -0.293 e. The highest BCUT2D eigenvalue weighted by Gasteiger charge is 2.36. The second-order valence-electron chi connectivity index (χ2n) is 8.91. The first-order valence-electron chi connectivity index (χ1n) is 9.22. The molecule has 0 spiro atoms. The number of Topliss-reactive ketones (excluding diaryl/α,β-unsaturated/α-hetero) is 1. The van der Waals surface area contributed by atoms with E-state index in [1.165, 1.54) is 6.92 Å². The number of hydrogen-bond donors (Lipinski definition) is 0. The van der Waals surface area contributed by atoms with Crippen molar-refractivity contribution in [1.82, 2.24) is 19.9 Å². The molecule has 0 saturated heterocycles. The molecule has 0 radical (unpaired) electrons. The molecule has 0 fully saturated rings. The van der Waals surface area contributed by atoms with Crippen LogP contribution in [0.25, 0.3) is 0 Å². The molecule has 0 aliphatic rings. The first kappa shape index (κ1) is 27.9. The minimum atomic E-state index is -4.58. The lowest BCUT2D eigenvalue weighted by Gasteiger charge is -2.18. The third kappa shape index (κ3) is 8.10. The van der Waals surface area contributed by atoms with Crippen molar-refractivity contribution >= 4 is 21.7 Å². The van der Waals surface area contributed by atoms with Gasteiger partial charge in [0, 0.05) is 23.8 Å². The van der Waals surface area contributed by atoms with Gasteiger partial charge in [-0.1, -0.05) is 41.5 Å². The summed E-state index contributed by atoms with van der Waals surface area (Å²) in [6, 6.07) is 1.55. The Balaban J connectivity index is 0.000000323. The molecule has 0 bridgehead atoms. The average molecular weight is 529 g/mol. The molecule has 0 N–H and O–H groups in total. The van der Waals surface area contributed by atoms with E-state index < -0.39 is 40.4 Å². The SMILES string of the molecule is CC(=O)c1cc(C(F)(F)F)nc(C(C)(C)C)n1.CC(C)(C)c1nc(Br)cc(C(F)(F)F)n1. The number of aromatic nitrogens is 4. The summed E-state index contributed by atoms with van der Waals surface area (Å²) >= 11 is 2.95. The molecule has 178 valence electrons. The highest BCUT2D eigenvalue weighted by Crippen LogP contribution is 2.31. The molecule has 0 aromatic carbocycles. The molecule has 2 heterocycles. The van der Waals surface area contributed by atoms with E-state index in [1.54, 1.807) is 41.5 Å². The lowest BCUT2D eigenvalue weighted by molar-refractivity contribution is -0.142. The number of rotatable bonds is 1. The predicted octanol–water partition coefficient (Wildman–Crippen LogP) is 6.55. The van der Waals surface area contributed by atoms with Crippen LogP contribution in [0.5, 0.6) is 0 Å². The third-order valence-corrected chi connectivity index (χ3v) is 4.11. The number of hydrogen-bond acceptors (Lipinski definition) is 5. The van der Waals surface area contributed by atoms with Gasteiger partial charge in [-0.05, 0) is 22.0 Å². The predicted molar refractivity (Wildman–Crippen MR) is 109 cm³/mol. The maximum absolute atomic E-state index is 12.6. The molecule has 0 amide bonds. The summed E-state index contributed by atoms with van der Waals surface area (Å²) in [5.74, 6) is -0.329. The van der Waals surface area contributed by atoms with Crippen LogP contribution >= 0.6 is 15.9 Å².